The minimum Gasteiger partial charge on any atom is -0.494 e. The second-order valence-electron chi connectivity index (χ2n) is 4.25. The maximum Gasteiger partial charge on any atom is 0.170 e. The topological polar surface area (TPSA) is 21.3 Å². The second kappa shape index (κ2) is 6.20. The molecular formula is C15H14ClF2NO. The van der Waals surface area contributed by atoms with Crippen LogP contribution < -0.4 is 10.1 Å². The van der Waals surface area contributed by atoms with Crippen LogP contribution in [0.4, 0.5) is 8.78 Å². The van der Waals surface area contributed by atoms with Crippen LogP contribution in [-0.4, -0.2) is 14.2 Å². The standard InChI is InChI=1S/C15H14ClF2NO/c1-19-15(10-7-6-9(16)8-12(10)17)11-4-3-5-13(20-2)14(11)18/h3-8,15,19H,1-2H3. The Balaban J connectivity index is 2.52. The van der Waals surface area contributed by atoms with Crippen LogP contribution in [0.1, 0.15) is 17.2 Å². The van der Waals surface area contributed by atoms with E-state index in [-0.39, 0.29) is 5.75 Å². The number of ether oxygens (including phenoxy) is 1. The molecule has 2 nitrogen and oxygen atoms in total. The van der Waals surface area contributed by atoms with Crippen molar-refractivity contribution < 1.29 is 13.5 Å². The van der Waals surface area contributed by atoms with Gasteiger partial charge in [0.25, 0.3) is 0 Å². The molecular weight excluding hydrogens is 284 g/mol. The molecule has 1 unspecified atom stereocenters. The molecule has 0 aliphatic rings. The fraction of sp³-hybridized carbons (Fsp3) is 0.200. The van der Waals surface area contributed by atoms with E-state index in [0.717, 1.165) is 0 Å². The van der Waals surface area contributed by atoms with Gasteiger partial charge in [-0.05, 0) is 25.2 Å². The lowest BCUT2D eigenvalue weighted by atomic mass is 9.97. The van der Waals surface area contributed by atoms with Crippen molar-refractivity contribution in [2.45, 2.75) is 6.04 Å². The molecule has 0 aliphatic heterocycles. The third kappa shape index (κ3) is 2.76. The highest BCUT2D eigenvalue weighted by atomic mass is 35.5. The first-order valence-electron chi connectivity index (χ1n) is 6.03. The minimum absolute atomic E-state index is 0.122. The summed E-state index contributed by atoms with van der Waals surface area (Å²) in [5.74, 6) is -0.875. The van der Waals surface area contributed by atoms with Crippen molar-refractivity contribution in [2.75, 3.05) is 14.2 Å². The fourth-order valence-electron chi connectivity index (χ4n) is 2.12. The van der Waals surface area contributed by atoms with Gasteiger partial charge in [0, 0.05) is 16.1 Å². The van der Waals surface area contributed by atoms with Gasteiger partial charge in [-0.15, -0.1) is 0 Å². The van der Waals surface area contributed by atoms with Crippen molar-refractivity contribution >= 4 is 11.6 Å². The maximum absolute atomic E-state index is 14.3. The summed E-state index contributed by atoms with van der Waals surface area (Å²) in [6.45, 7) is 0. The van der Waals surface area contributed by atoms with E-state index in [1.165, 1.54) is 25.3 Å². The zero-order valence-corrected chi connectivity index (χ0v) is 11.8. The number of hydrogen-bond acceptors (Lipinski definition) is 2. The summed E-state index contributed by atoms with van der Waals surface area (Å²) < 4.78 is 33.3. The largest absolute Gasteiger partial charge is 0.494 e. The van der Waals surface area contributed by atoms with E-state index < -0.39 is 17.7 Å². The lowest BCUT2D eigenvalue weighted by Crippen LogP contribution is -2.20. The average Bonchev–Trinajstić information content (AvgIpc) is 2.43. The van der Waals surface area contributed by atoms with Crippen molar-refractivity contribution in [2.24, 2.45) is 0 Å². The fourth-order valence-corrected chi connectivity index (χ4v) is 2.28. The molecule has 1 N–H and O–H groups in total. The SMILES string of the molecule is CNC(c1ccc(Cl)cc1F)c1cccc(OC)c1F. The second-order valence-corrected chi connectivity index (χ2v) is 4.69. The Morgan fingerprint density at radius 3 is 2.50 bits per heavy atom. The highest BCUT2D eigenvalue weighted by Gasteiger charge is 2.21. The molecule has 20 heavy (non-hydrogen) atoms. The van der Waals surface area contributed by atoms with Crippen LogP contribution in [0.15, 0.2) is 36.4 Å². The number of methoxy groups -OCH3 is 1. The molecule has 0 bridgehead atoms. The summed E-state index contributed by atoms with van der Waals surface area (Å²) in [4.78, 5) is 0. The van der Waals surface area contributed by atoms with E-state index in [1.54, 1.807) is 25.2 Å². The molecule has 1 atom stereocenters. The van der Waals surface area contributed by atoms with Crippen LogP contribution in [0.25, 0.3) is 0 Å². The van der Waals surface area contributed by atoms with Crippen molar-refractivity contribution in [3.8, 4) is 5.75 Å². The van der Waals surface area contributed by atoms with Crippen molar-refractivity contribution in [3.05, 3.63) is 64.2 Å². The summed E-state index contributed by atoms with van der Waals surface area (Å²) in [5, 5.41) is 3.21. The molecule has 0 fully saturated rings. The van der Waals surface area contributed by atoms with E-state index >= 15 is 0 Å². The van der Waals surface area contributed by atoms with E-state index in [4.69, 9.17) is 16.3 Å². The van der Waals surface area contributed by atoms with Crippen LogP contribution >= 0.6 is 11.6 Å². The highest BCUT2D eigenvalue weighted by molar-refractivity contribution is 6.30. The summed E-state index contributed by atoms with van der Waals surface area (Å²) in [6.07, 6.45) is 0. The Kier molecular flexibility index (Phi) is 4.57. The van der Waals surface area contributed by atoms with Gasteiger partial charge in [-0.2, -0.15) is 0 Å². The minimum atomic E-state index is -0.623. The van der Waals surface area contributed by atoms with E-state index in [0.29, 0.717) is 16.1 Å². The number of hydrogen-bond donors (Lipinski definition) is 1. The van der Waals surface area contributed by atoms with Gasteiger partial charge in [0.2, 0.25) is 0 Å². The first kappa shape index (κ1) is 14.8. The zero-order chi connectivity index (χ0) is 14.7. The van der Waals surface area contributed by atoms with Crippen molar-refractivity contribution in [1.82, 2.24) is 5.32 Å². The lowest BCUT2D eigenvalue weighted by Gasteiger charge is -2.19. The van der Waals surface area contributed by atoms with Crippen LogP contribution in [0.5, 0.6) is 5.75 Å². The molecule has 0 aromatic heterocycles. The number of nitrogens with one attached hydrogen (secondary N) is 1. The van der Waals surface area contributed by atoms with E-state index in [2.05, 4.69) is 5.32 Å². The predicted molar refractivity (Wildman–Crippen MR) is 75.3 cm³/mol. The summed E-state index contributed by atoms with van der Waals surface area (Å²) >= 11 is 5.74. The van der Waals surface area contributed by atoms with Crippen LogP contribution in [-0.2, 0) is 0 Å². The molecule has 0 saturated heterocycles. The van der Waals surface area contributed by atoms with E-state index in [9.17, 15) is 8.78 Å². The number of rotatable bonds is 4. The van der Waals surface area contributed by atoms with Crippen LogP contribution in [0, 0.1) is 11.6 Å². The Hall–Kier alpha value is -1.65. The molecule has 2 aromatic rings. The quantitative estimate of drug-likeness (QED) is 0.923. The van der Waals surface area contributed by atoms with Gasteiger partial charge in [0.05, 0.1) is 13.2 Å². The smallest absolute Gasteiger partial charge is 0.170 e. The lowest BCUT2D eigenvalue weighted by molar-refractivity contribution is 0.382. The van der Waals surface area contributed by atoms with Gasteiger partial charge < -0.3 is 10.1 Å². The zero-order valence-electron chi connectivity index (χ0n) is 11.1. The van der Waals surface area contributed by atoms with E-state index in [1.807, 2.05) is 0 Å². The Morgan fingerprint density at radius 2 is 1.90 bits per heavy atom. The number of benzene rings is 2. The molecule has 5 heteroatoms. The molecule has 2 aromatic carbocycles. The highest BCUT2D eigenvalue weighted by Crippen LogP contribution is 2.31. The first-order chi connectivity index (χ1) is 9.58. The number of halogens is 3. The molecule has 2 rings (SSSR count). The molecule has 0 spiro atoms. The summed E-state index contributed by atoms with van der Waals surface area (Å²) in [6, 6.07) is 8.47. The van der Waals surface area contributed by atoms with Gasteiger partial charge in [-0.3, -0.25) is 0 Å². The van der Waals surface area contributed by atoms with Crippen molar-refractivity contribution in [3.63, 3.8) is 0 Å². The average molecular weight is 298 g/mol. The van der Waals surface area contributed by atoms with Gasteiger partial charge in [-0.1, -0.05) is 29.8 Å². The molecule has 0 heterocycles. The molecule has 0 radical (unpaired) electrons. The van der Waals surface area contributed by atoms with Gasteiger partial charge in [0.1, 0.15) is 5.82 Å². The normalized spacial score (nSPS) is 12.2. The van der Waals surface area contributed by atoms with Gasteiger partial charge in [0.15, 0.2) is 11.6 Å². The molecule has 0 amide bonds. The Morgan fingerprint density at radius 1 is 1.15 bits per heavy atom. The van der Waals surface area contributed by atoms with Gasteiger partial charge in [-0.25, -0.2) is 8.78 Å². The third-order valence-electron chi connectivity index (χ3n) is 3.09. The molecule has 106 valence electrons. The third-order valence-corrected chi connectivity index (χ3v) is 3.32. The maximum atomic E-state index is 14.3. The first-order valence-corrected chi connectivity index (χ1v) is 6.41. The summed E-state index contributed by atoms with van der Waals surface area (Å²) in [7, 11) is 3.02. The predicted octanol–water partition coefficient (Wildman–Crippen LogP) is 3.94. The monoisotopic (exact) mass is 297 g/mol. The van der Waals surface area contributed by atoms with Crippen LogP contribution in [0.3, 0.4) is 0 Å². The van der Waals surface area contributed by atoms with Crippen LogP contribution in [0.2, 0.25) is 5.02 Å². The summed E-state index contributed by atoms with van der Waals surface area (Å²) in [5.41, 5.74) is 0.636. The Labute approximate surface area is 121 Å². The van der Waals surface area contributed by atoms with Gasteiger partial charge >= 0.3 is 0 Å². The molecule has 0 aliphatic carbocycles. The molecule has 0 saturated carbocycles. The van der Waals surface area contributed by atoms with Crippen molar-refractivity contribution in [1.29, 1.82) is 0 Å². The Bertz CT molecular complexity index is 619.